The first kappa shape index (κ1) is 22.3. The second-order valence-electron chi connectivity index (χ2n) is 7.55. The number of amides is 1. The highest BCUT2D eigenvalue weighted by atomic mass is 32.2. The number of aromatic nitrogens is 2. The second kappa shape index (κ2) is 8.38. The van der Waals surface area contributed by atoms with Crippen molar-refractivity contribution >= 4 is 21.6 Å². The van der Waals surface area contributed by atoms with Crippen LogP contribution in [-0.4, -0.2) is 31.6 Å². The summed E-state index contributed by atoms with van der Waals surface area (Å²) in [5.41, 5.74) is 0.599. The predicted molar refractivity (Wildman–Crippen MR) is 115 cm³/mol. The summed E-state index contributed by atoms with van der Waals surface area (Å²) < 4.78 is 38.7. The first-order valence-electron chi connectivity index (χ1n) is 9.42. The first-order valence-corrected chi connectivity index (χ1v) is 10.9. The summed E-state index contributed by atoms with van der Waals surface area (Å²) in [6, 6.07) is 11.1. The quantitative estimate of drug-likeness (QED) is 0.574. The van der Waals surface area contributed by atoms with E-state index in [1.54, 1.807) is 45.0 Å². The van der Waals surface area contributed by atoms with Gasteiger partial charge in [0.25, 0.3) is 15.9 Å². The Bertz CT molecular complexity index is 1200. The van der Waals surface area contributed by atoms with Gasteiger partial charge in [-0.05, 0) is 51.1 Å². The monoisotopic (exact) mass is 444 g/mol. The van der Waals surface area contributed by atoms with Gasteiger partial charge in [0.05, 0.1) is 12.6 Å². The molecule has 164 valence electrons. The number of nitrogens with one attached hydrogen (secondary N) is 2. The van der Waals surface area contributed by atoms with E-state index in [9.17, 15) is 13.2 Å². The highest BCUT2D eigenvalue weighted by Gasteiger charge is 2.30. The van der Waals surface area contributed by atoms with Gasteiger partial charge in [-0.15, -0.1) is 0 Å². The van der Waals surface area contributed by atoms with E-state index in [1.807, 2.05) is 6.92 Å². The maximum Gasteiger partial charge on any atom is 0.265 e. The van der Waals surface area contributed by atoms with Crippen LogP contribution in [0.3, 0.4) is 0 Å². The van der Waals surface area contributed by atoms with Gasteiger partial charge in [-0.1, -0.05) is 22.9 Å². The van der Waals surface area contributed by atoms with E-state index in [-0.39, 0.29) is 16.2 Å². The lowest BCUT2D eigenvalue weighted by Gasteiger charge is -2.22. The van der Waals surface area contributed by atoms with Crippen LogP contribution in [0.25, 0.3) is 0 Å². The number of rotatable bonds is 7. The van der Waals surface area contributed by atoms with Gasteiger partial charge in [0.1, 0.15) is 10.6 Å². The Balaban J connectivity index is 1.90. The van der Waals surface area contributed by atoms with Crippen molar-refractivity contribution in [3.8, 4) is 5.75 Å². The van der Waals surface area contributed by atoms with Crippen LogP contribution in [-0.2, 0) is 15.6 Å². The van der Waals surface area contributed by atoms with Crippen molar-refractivity contribution < 1.29 is 22.5 Å². The van der Waals surface area contributed by atoms with Gasteiger partial charge in [-0.3, -0.25) is 9.52 Å². The zero-order valence-electron chi connectivity index (χ0n) is 17.9. The normalized spacial score (nSPS) is 11.8. The van der Waals surface area contributed by atoms with Crippen LogP contribution in [0.1, 0.15) is 41.5 Å². The maximum atomic E-state index is 13.0. The molecule has 0 aliphatic heterocycles. The van der Waals surface area contributed by atoms with Crippen molar-refractivity contribution in [3.63, 3.8) is 0 Å². The summed E-state index contributed by atoms with van der Waals surface area (Å²) in [4.78, 5) is 16.9. The third-order valence-electron chi connectivity index (χ3n) is 4.53. The fourth-order valence-corrected chi connectivity index (χ4v) is 4.08. The number of aryl methyl sites for hydroxylation is 2. The molecule has 0 saturated carbocycles. The van der Waals surface area contributed by atoms with Crippen LogP contribution in [0.5, 0.6) is 5.75 Å². The number of hydrogen-bond acceptors (Lipinski definition) is 7. The third-order valence-corrected chi connectivity index (χ3v) is 5.93. The molecule has 31 heavy (non-hydrogen) atoms. The van der Waals surface area contributed by atoms with Gasteiger partial charge in [0, 0.05) is 18.2 Å². The number of methoxy groups -OCH3 is 1. The molecule has 0 saturated heterocycles. The topological polar surface area (TPSA) is 123 Å². The standard InChI is InChI=1S/C21H24N4O5S/c1-13-6-9-16(10-7-13)25-31(27,28)18-12-15(8-11-17(18)29-5)19(26)23-21(3,4)20-22-14(2)30-24-20/h6-12,25H,1-5H3,(H,23,26). The lowest BCUT2D eigenvalue weighted by atomic mass is 10.0. The predicted octanol–water partition coefficient (Wildman–Crippen LogP) is 3.16. The Labute approximate surface area is 180 Å². The molecule has 9 nitrogen and oxygen atoms in total. The van der Waals surface area contributed by atoms with Crippen molar-refractivity contribution in [2.75, 3.05) is 11.8 Å². The molecule has 0 aliphatic rings. The minimum atomic E-state index is -4.01. The fourth-order valence-electron chi connectivity index (χ4n) is 2.82. The number of anilines is 1. The van der Waals surface area contributed by atoms with Crippen LogP contribution in [0.2, 0.25) is 0 Å². The maximum absolute atomic E-state index is 13.0. The molecule has 0 bridgehead atoms. The Morgan fingerprint density at radius 1 is 1.10 bits per heavy atom. The molecule has 0 spiro atoms. The summed E-state index contributed by atoms with van der Waals surface area (Å²) in [7, 11) is -2.65. The van der Waals surface area contributed by atoms with E-state index in [1.165, 1.54) is 25.3 Å². The molecule has 1 amide bonds. The molecule has 1 aromatic heterocycles. The van der Waals surface area contributed by atoms with Crippen molar-refractivity contribution in [2.45, 2.75) is 38.1 Å². The van der Waals surface area contributed by atoms with Crippen LogP contribution < -0.4 is 14.8 Å². The molecular formula is C21H24N4O5S. The molecule has 3 rings (SSSR count). The molecule has 2 N–H and O–H groups in total. The smallest absolute Gasteiger partial charge is 0.265 e. The van der Waals surface area contributed by atoms with E-state index in [0.717, 1.165) is 5.56 Å². The van der Waals surface area contributed by atoms with Gasteiger partial charge >= 0.3 is 0 Å². The number of sulfonamides is 1. The Hall–Kier alpha value is -3.40. The zero-order valence-corrected chi connectivity index (χ0v) is 18.7. The number of nitrogens with zero attached hydrogens (tertiary/aromatic N) is 2. The van der Waals surface area contributed by atoms with E-state index in [2.05, 4.69) is 20.2 Å². The molecule has 0 atom stereocenters. The second-order valence-corrected chi connectivity index (χ2v) is 9.20. The Morgan fingerprint density at radius 2 is 1.77 bits per heavy atom. The summed E-state index contributed by atoms with van der Waals surface area (Å²) in [5, 5.41) is 6.64. The molecule has 3 aromatic rings. The van der Waals surface area contributed by atoms with Crippen molar-refractivity contribution in [2.24, 2.45) is 0 Å². The minimum absolute atomic E-state index is 0.115. The SMILES string of the molecule is COc1ccc(C(=O)NC(C)(C)c2noc(C)n2)cc1S(=O)(=O)Nc1ccc(C)cc1. The highest BCUT2D eigenvalue weighted by molar-refractivity contribution is 7.92. The van der Waals surface area contributed by atoms with Gasteiger partial charge in [0.15, 0.2) is 5.82 Å². The molecule has 2 aromatic carbocycles. The molecule has 0 radical (unpaired) electrons. The molecule has 0 aliphatic carbocycles. The Kier molecular flexibility index (Phi) is 6.03. The zero-order chi connectivity index (χ0) is 22.8. The highest BCUT2D eigenvalue weighted by Crippen LogP contribution is 2.28. The number of benzene rings is 2. The molecule has 10 heteroatoms. The van der Waals surface area contributed by atoms with Crippen LogP contribution in [0.4, 0.5) is 5.69 Å². The van der Waals surface area contributed by atoms with Gasteiger partial charge in [0.2, 0.25) is 5.89 Å². The van der Waals surface area contributed by atoms with Crippen LogP contribution >= 0.6 is 0 Å². The third kappa shape index (κ3) is 5.02. The summed E-state index contributed by atoms with van der Waals surface area (Å²) in [6.45, 7) is 6.99. The average molecular weight is 445 g/mol. The number of carbonyl (C=O) groups excluding carboxylic acids is 1. The largest absolute Gasteiger partial charge is 0.495 e. The van der Waals surface area contributed by atoms with E-state index >= 15 is 0 Å². The van der Waals surface area contributed by atoms with E-state index < -0.39 is 21.5 Å². The Morgan fingerprint density at radius 3 is 2.35 bits per heavy atom. The average Bonchev–Trinajstić information content (AvgIpc) is 3.16. The van der Waals surface area contributed by atoms with Crippen LogP contribution in [0, 0.1) is 13.8 Å². The minimum Gasteiger partial charge on any atom is -0.495 e. The van der Waals surface area contributed by atoms with Gasteiger partial charge in [-0.25, -0.2) is 8.42 Å². The molecule has 0 unspecified atom stereocenters. The lowest BCUT2D eigenvalue weighted by molar-refractivity contribution is 0.0907. The number of ether oxygens (including phenoxy) is 1. The van der Waals surface area contributed by atoms with Crippen molar-refractivity contribution in [1.82, 2.24) is 15.5 Å². The first-order chi connectivity index (χ1) is 14.5. The lowest BCUT2D eigenvalue weighted by Crippen LogP contribution is -2.42. The molecule has 1 heterocycles. The number of carbonyl (C=O) groups is 1. The fraction of sp³-hybridized carbons (Fsp3) is 0.286. The van der Waals surface area contributed by atoms with Crippen molar-refractivity contribution in [1.29, 1.82) is 0 Å². The summed E-state index contributed by atoms with van der Waals surface area (Å²) in [5.74, 6) is 0.296. The molecule has 0 fully saturated rings. The van der Waals surface area contributed by atoms with E-state index in [4.69, 9.17) is 9.26 Å². The molecular weight excluding hydrogens is 420 g/mol. The number of hydrogen-bond donors (Lipinski definition) is 2. The van der Waals surface area contributed by atoms with Gasteiger partial charge in [-0.2, -0.15) is 4.98 Å². The van der Waals surface area contributed by atoms with Gasteiger partial charge < -0.3 is 14.6 Å². The van der Waals surface area contributed by atoms with E-state index in [0.29, 0.717) is 17.4 Å². The van der Waals surface area contributed by atoms with Crippen molar-refractivity contribution in [3.05, 3.63) is 65.3 Å². The summed E-state index contributed by atoms with van der Waals surface area (Å²) >= 11 is 0. The van der Waals surface area contributed by atoms with Crippen LogP contribution in [0.15, 0.2) is 51.9 Å². The summed E-state index contributed by atoms with van der Waals surface area (Å²) in [6.07, 6.45) is 0.